The summed E-state index contributed by atoms with van der Waals surface area (Å²) in [5.74, 6) is -0.340. The topological polar surface area (TPSA) is 107 Å². The fourth-order valence-electron chi connectivity index (χ4n) is 2.12. The molecule has 1 N–H and O–H groups in total. The lowest BCUT2D eigenvalue weighted by atomic mass is 10.2. The summed E-state index contributed by atoms with van der Waals surface area (Å²) < 4.78 is 15.1. The molecular formula is C16H19N3O6S. The molecule has 1 aromatic rings. The van der Waals surface area contributed by atoms with Gasteiger partial charge >= 0.3 is 5.97 Å². The molecule has 140 valence electrons. The van der Waals surface area contributed by atoms with Crippen LogP contribution in [0.25, 0.3) is 0 Å². The number of thioether (sulfide) groups is 1. The number of carbonyl (C=O) groups excluding carboxylic acids is 3. The summed E-state index contributed by atoms with van der Waals surface area (Å²) >= 11 is 1.12. The monoisotopic (exact) mass is 381 g/mol. The van der Waals surface area contributed by atoms with Crippen LogP contribution in [0.5, 0.6) is 11.5 Å². The molecule has 10 heteroatoms. The zero-order valence-electron chi connectivity index (χ0n) is 14.6. The van der Waals surface area contributed by atoms with E-state index in [1.807, 2.05) is 0 Å². The molecule has 1 aliphatic heterocycles. The molecule has 0 atom stereocenters. The van der Waals surface area contributed by atoms with Crippen LogP contribution in [0.15, 0.2) is 23.3 Å². The van der Waals surface area contributed by atoms with Crippen LogP contribution < -0.4 is 14.9 Å². The second kappa shape index (κ2) is 9.09. The van der Waals surface area contributed by atoms with E-state index < -0.39 is 11.9 Å². The van der Waals surface area contributed by atoms with Gasteiger partial charge < -0.3 is 14.2 Å². The normalized spacial score (nSPS) is 15.1. The van der Waals surface area contributed by atoms with Gasteiger partial charge in [0, 0.05) is 6.07 Å². The molecular weight excluding hydrogens is 362 g/mol. The molecule has 0 spiro atoms. The van der Waals surface area contributed by atoms with E-state index in [4.69, 9.17) is 14.2 Å². The maximum Gasteiger partial charge on any atom is 0.326 e. The van der Waals surface area contributed by atoms with Gasteiger partial charge in [-0.05, 0) is 19.1 Å². The van der Waals surface area contributed by atoms with Gasteiger partial charge in [0.25, 0.3) is 5.91 Å². The van der Waals surface area contributed by atoms with Gasteiger partial charge in [0.2, 0.25) is 5.91 Å². The molecule has 0 aromatic heterocycles. The lowest BCUT2D eigenvalue weighted by molar-refractivity contribution is -0.145. The third-order valence-corrected chi connectivity index (χ3v) is 4.32. The first kappa shape index (κ1) is 19.6. The highest BCUT2D eigenvalue weighted by Gasteiger charge is 2.31. The Labute approximate surface area is 154 Å². The number of hydrogen-bond donors (Lipinski definition) is 1. The average Bonchev–Trinajstić information content (AvgIpc) is 2.99. The lowest BCUT2D eigenvalue weighted by Gasteiger charge is -2.14. The minimum absolute atomic E-state index is 0.139. The number of hydrazone groups is 1. The number of esters is 1. The van der Waals surface area contributed by atoms with E-state index in [1.54, 1.807) is 19.1 Å². The predicted molar refractivity (Wildman–Crippen MR) is 95.3 cm³/mol. The molecule has 0 bridgehead atoms. The van der Waals surface area contributed by atoms with Gasteiger partial charge in [-0.3, -0.25) is 19.3 Å². The van der Waals surface area contributed by atoms with Crippen molar-refractivity contribution >= 4 is 34.7 Å². The zero-order valence-corrected chi connectivity index (χ0v) is 15.4. The molecule has 26 heavy (non-hydrogen) atoms. The van der Waals surface area contributed by atoms with Crippen molar-refractivity contribution in [2.45, 2.75) is 6.92 Å². The Kier molecular flexibility index (Phi) is 6.84. The molecule has 2 rings (SSSR count). The van der Waals surface area contributed by atoms with Crippen molar-refractivity contribution in [3.8, 4) is 11.5 Å². The van der Waals surface area contributed by atoms with Crippen LogP contribution >= 0.6 is 11.8 Å². The number of hydrogen-bond acceptors (Lipinski definition) is 8. The molecule has 1 saturated heterocycles. The Balaban J connectivity index is 2.11. The number of ether oxygens (including phenoxy) is 3. The number of carbonyl (C=O) groups is 3. The van der Waals surface area contributed by atoms with E-state index in [0.717, 1.165) is 11.8 Å². The number of methoxy groups -OCH3 is 2. The number of nitrogens with zero attached hydrogens (tertiary/aromatic N) is 2. The Morgan fingerprint density at radius 2 is 2.08 bits per heavy atom. The SMILES string of the molecule is CCOC(=O)CN1C(=O)CSC1=NNC(=O)c1ccc(OC)cc1OC. The third kappa shape index (κ3) is 4.66. The van der Waals surface area contributed by atoms with Crippen LogP contribution in [0.2, 0.25) is 0 Å². The van der Waals surface area contributed by atoms with Gasteiger partial charge in [-0.15, -0.1) is 5.10 Å². The van der Waals surface area contributed by atoms with Crippen molar-refractivity contribution in [2.24, 2.45) is 5.10 Å². The minimum atomic E-state index is -0.542. The molecule has 0 unspecified atom stereocenters. The Morgan fingerprint density at radius 3 is 2.73 bits per heavy atom. The summed E-state index contributed by atoms with van der Waals surface area (Å²) in [6.07, 6.45) is 0. The van der Waals surface area contributed by atoms with Crippen LogP contribution in [0.3, 0.4) is 0 Å². The molecule has 0 saturated carbocycles. The Morgan fingerprint density at radius 1 is 1.31 bits per heavy atom. The first-order valence-corrected chi connectivity index (χ1v) is 8.67. The van der Waals surface area contributed by atoms with E-state index in [1.165, 1.54) is 25.2 Å². The van der Waals surface area contributed by atoms with Gasteiger partial charge in [0.05, 0.1) is 32.1 Å². The largest absolute Gasteiger partial charge is 0.497 e. The van der Waals surface area contributed by atoms with E-state index >= 15 is 0 Å². The van der Waals surface area contributed by atoms with Crippen LogP contribution in [0.4, 0.5) is 0 Å². The van der Waals surface area contributed by atoms with E-state index in [0.29, 0.717) is 11.5 Å². The molecule has 1 aliphatic rings. The Bertz CT molecular complexity index is 737. The van der Waals surface area contributed by atoms with Crippen LogP contribution in [-0.4, -0.2) is 61.0 Å². The molecule has 1 heterocycles. The van der Waals surface area contributed by atoms with Gasteiger partial charge in [-0.1, -0.05) is 11.8 Å². The van der Waals surface area contributed by atoms with Crippen molar-refractivity contribution in [3.63, 3.8) is 0 Å². The highest BCUT2D eigenvalue weighted by atomic mass is 32.2. The summed E-state index contributed by atoms with van der Waals surface area (Å²) in [4.78, 5) is 37.0. The Hall–Kier alpha value is -2.75. The molecule has 9 nitrogen and oxygen atoms in total. The maximum absolute atomic E-state index is 12.4. The van der Waals surface area contributed by atoms with Crippen molar-refractivity contribution < 1.29 is 28.6 Å². The van der Waals surface area contributed by atoms with Gasteiger partial charge in [-0.2, -0.15) is 0 Å². The van der Waals surface area contributed by atoms with Gasteiger partial charge in [-0.25, -0.2) is 5.43 Å². The van der Waals surface area contributed by atoms with Crippen LogP contribution in [0, 0.1) is 0 Å². The summed E-state index contributed by atoms with van der Waals surface area (Å²) in [5.41, 5.74) is 2.62. The zero-order chi connectivity index (χ0) is 19.1. The molecule has 0 radical (unpaired) electrons. The standard InChI is InChI=1S/C16H19N3O6S/c1-4-25-14(21)8-19-13(20)9-26-16(19)18-17-15(22)11-6-5-10(23-2)7-12(11)24-3/h5-7H,4,8-9H2,1-3H3,(H,17,22). The van der Waals surface area contributed by atoms with Crippen LogP contribution in [0.1, 0.15) is 17.3 Å². The summed E-state index contributed by atoms with van der Waals surface area (Å²) in [6, 6.07) is 4.73. The number of nitrogens with one attached hydrogen (secondary N) is 1. The molecule has 0 aliphatic carbocycles. The highest BCUT2D eigenvalue weighted by Crippen LogP contribution is 2.24. The lowest BCUT2D eigenvalue weighted by Crippen LogP contribution is -2.36. The second-order valence-electron chi connectivity index (χ2n) is 4.98. The summed E-state index contributed by atoms with van der Waals surface area (Å²) in [5, 5.41) is 4.18. The number of amidine groups is 1. The summed E-state index contributed by atoms with van der Waals surface area (Å²) in [6.45, 7) is 1.64. The number of amides is 2. The first-order chi connectivity index (χ1) is 12.5. The quantitative estimate of drug-likeness (QED) is 0.551. The predicted octanol–water partition coefficient (Wildman–Crippen LogP) is 0.843. The summed E-state index contributed by atoms with van der Waals surface area (Å²) in [7, 11) is 2.94. The average molecular weight is 381 g/mol. The maximum atomic E-state index is 12.4. The molecule has 1 fully saturated rings. The van der Waals surface area contributed by atoms with Crippen LogP contribution in [-0.2, 0) is 14.3 Å². The van der Waals surface area contributed by atoms with Crippen molar-refractivity contribution in [1.82, 2.24) is 10.3 Å². The van der Waals surface area contributed by atoms with Gasteiger partial charge in [0.1, 0.15) is 18.0 Å². The second-order valence-corrected chi connectivity index (χ2v) is 5.92. The molecule has 2 amide bonds. The van der Waals surface area contributed by atoms with E-state index in [9.17, 15) is 14.4 Å². The van der Waals surface area contributed by atoms with Gasteiger partial charge in [0.15, 0.2) is 5.17 Å². The number of rotatable bonds is 7. The van der Waals surface area contributed by atoms with Crippen molar-refractivity contribution in [3.05, 3.63) is 23.8 Å². The van der Waals surface area contributed by atoms with E-state index in [2.05, 4.69) is 10.5 Å². The highest BCUT2D eigenvalue weighted by molar-refractivity contribution is 8.15. The minimum Gasteiger partial charge on any atom is -0.497 e. The fourth-order valence-corrected chi connectivity index (χ4v) is 2.96. The van der Waals surface area contributed by atoms with Crippen molar-refractivity contribution in [2.75, 3.05) is 33.1 Å². The van der Waals surface area contributed by atoms with E-state index in [-0.39, 0.29) is 35.5 Å². The smallest absolute Gasteiger partial charge is 0.326 e. The third-order valence-electron chi connectivity index (χ3n) is 3.36. The number of benzene rings is 1. The fraction of sp³-hybridized carbons (Fsp3) is 0.375. The first-order valence-electron chi connectivity index (χ1n) is 7.69. The van der Waals surface area contributed by atoms with Crippen molar-refractivity contribution in [1.29, 1.82) is 0 Å². The molecule has 1 aromatic carbocycles.